The highest BCUT2D eigenvalue weighted by Gasteiger charge is 2.33. The van der Waals surface area contributed by atoms with Gasteiger partial charge in [0.05, 0.1) is 6.04 Å². The van der Waals surface area contributed by atoms with E-state index in [1.807, 2.05) is 62.9 Å². The van der Waals surface area contributed by atoms with E-state index >= 15 is 0 Å². The van der Waals surface area contributed by atoms with Gasteiger partial charge in [0.2, 0.25) is 5.91 Å². The first kappa shape index (κ1) is 22.9. The Bertz CT molecular complexity index is 895. The zero-order chi connectivity index (χ0) is 22.4. The number of nitrogens with zero attached hydrogens (tertiary/aromatic N) is 1. The van der Waals surface area contributed by atoms with Crippen molar-refractivity contribution in [2.45, 2.75) is 59.1 Å². The van der Waals surface area contributed by atoms with Crippen molar-refractivity contribution in [2.75, 3.05) is 13.1 Å². The molecule has 0 aliphatic carbocycles. The van der Waals surface area contributed by atoms with Crippen molar-refractivity contribution in [1.82, 2.24) is 10.2 Å². The van der Waals surface area contributed by atoms with Crippen LogP contribution < -0.4 is 10.1 Å². The molecule has 5 heteroatoms. The van der Waals surface area contributed by atoms with Crippen LogP contribution in [0.2, 0.25) is 0 Å². The number of rotatable bonds is 8. The highest BCUT2D eigenvalue weighted by molar-refractivity contribution is 5.81. The summed E-state index contributed by atoms with van der Waals surface area (Å²) in [6, 6.07) is 16.0. The van der Waals surface area contributed by atoms with Crippen LogP contribution in [-0.4, -0.2) is 35.9 Å². The van der Waals surface area contributed by atoms with Gasteiger partial charge < -0.3 is 15.0 Å². The van der Waals surface area contributed by atoms with Gasteiger partial charge in [-0.3, -0.25) is 9.59 Å². The van der Waals surface area contributed by atoms with Gasteiger partial charge in [0.1, 0.15) is 5.75 Å². The summed E-state index contributed by atoms with van der Waals surface area (Å²) in [4.78, 5) is 27.5. The predicted octanol–water partition coefficient (Wildman–Crippen LogP) is 4.50. The van der Waals surface area contributed by atoms with E-state index in [-0.39, 0.29) is 23.8 Å². The van der Waals surface area contributed by atoms with E-state index in [0.29, 0.717) is 25.3 Å². The number of carbonyl (C=O) groups excluding carboxylic acids is 2. The fourth-order valence-electron chi connectivity index (χ4n) is 4.08. The fraction of sp³-hybridized carbons (Fsp3) is 0.462. The number of carbonyl (C=O) groups is 2. The summed E-state index contributed by atoms with van der Waals surface area (Å²) in [6.07, 6.45) is 1.76. The van der Waals surface area contributed by atoms with Gasteiger partial charge in [0.25, 0.3) is 5.91 Å². The zero-order valence-electron chi connectivity index (χ0n) is 19.1. The van der Waals surface area contributed by atoms with Gasteiger partial charge in [-0.2, -0.15) is 0 Å². The third-order valence-electron chi connectivity index (χ3n) is 5.73. The van der Waals surface area contributed by atoms with E-state index in [9.17, 15) is 9.59 Å². The van der Waals surface area contributed by atoms with Crippen LogP contribution in [-0.2, 0) is 16.0 Å². The molecule has 31 heavy (non-hydrogen) atoms. The lowest BCUT2D eigenvalue weighted by Crippen LogP contribution is -2.42. The van der Waals surface area contributed by atoms with E-state index < -0.39 is 6.10 Å². The Labute approximate surface area is 185 Å². The first-order valence-electron chi connectivity index (χ1n) is 11.4. The average Bonchev–Trinajstić information content (AvgIpc) is 2.80. The molecule has 0 radical (unpaired) electrons. The van der Waals surface area contributed by atoms with Crippen LogP contribution in [0.3, 0.4) is 0 Å². The van der Waals surface area contributed by atoms with Gasteiger partial charge in [-0.05, 0) is 48.1 Å². The van der Waals surface area contributed by atoms with Crippen molar-refractivity contribution >= 4 is 11.8 Å². The molecule has 0 spiro atoms. The Morgan fingerprint density at radius 2 is 1.87 bits per heavy atom. The molecule has 1 aliphatic heterocycles. The second-order valence-electron chi connectivity index (χ2n) is 8.42. The van der Waals surface area contributed by atoms with E-state index in [0.717, 1.165) is 24.0 Å². The molecule has 0 saturated carbocycles. The first-order chi connectivity index (χ1) is 15.0. The molecule has 5 nitrogen and oxygen atoms in total. The molecule has 2 amide bonds. The second-order valence-corrected chi connectivity index (χ2v) is 8.42. The summed E-state index contributed by atoms with van der Waals surface area (Å²) in [6.45, 7) is 9.20. The molecule has 2 aromatic carbocycles. The van der Waals surface area contributed by atoms with Crippen molar-refractivity contribution in [3.8, 4) is 5.75 Å². The molecule has 166 valence electrons. The zero-order valence-corrected chi connectivity index (χ0v) is 19.1. The molecule has 1 heterocycles. The lowest BCUT2D eigenvalue weighted by molar-refractivity contribution is -0.136. The van der Waals surface area contributed by atoms with Gasteiger partial charge in [0, 0.05) is 19.0 Å². The van der Waals surface area contributed by atoms with Crippen molar-refractivity contribution in [2.24, 2.45) is 5.92 Å². The number of ether oxygens (including phenoxy) is 1. The Kier molecular flexibility index (Phi) is 7.72. The summed E-state index contributed by atoms with van der Waals surface area (Å²) in [5.74, 6) is 0.658. The molecule has 0 bridgehead atoms. The maximum atomic E-state index is 13.0. The van der Waals surface area contributed by atoms with E-state index in [4.69, 9.17) is 4.74 Å². The summed E-state index contributed by atoms with van der Waals surface area (Å²) in [7, 11) is 0. The van der Waals surface area contributed by atoms with Crippen LogP contribution in [0.25, 0.3) is 0 Å². The quantitative estimate of drug-likeness (QED) is 0.681. The van der Waals surface area contributed by atoms with Gasteiger partial charge >= 0.3 is 0 Å². The molecule has 0 aromatic heterocycles. The standard InChI is InChI=1S/C26H34N2O3/c1-5-15-27-25(29)23(6-2)31-21-13-12-19-14-16-28(26(30)18(3)4)24(22(19)17-21)20-10-8-7-9-11-20/h7-13,17-18,23-24H,5-6,14-16H2,1-4H3,(H,27,29)/t23-,24+/m1/s1. The molecule has 0 fully saturated rings. The Morgan fingerprint density at radius 3 is 2.52 bits per heavy atom. The third-order valence-corrected chi connectivity index (χ3v) is 5.73. The van der Waals surface area contributed by atoms with Crippen molar-refractivity contribution in [1.29, 1.82) is 0 Å². The minimum atomic E-state index is -0.531. The fourth-order valence-corrected chi connectivity index (χ4v) is 4.08. The molecule has 2 atom stereocenters. The van der Waals surface area contributed by atoms with Gasteiger partial charge in [-0.1, -0.05) is 64.1 Å². The normalized spacial score (nSPS) is 16.5. The minimum Gasteiger partial charge on any atom is -0.481 e. The van der Waals surface area contributed by atoms with Crippen LogP contribution in [0.5, 0.6) is 5.75 Å². The number of hydrogen-bond donors (Lipinski definition) is 1. The van der Waals surface area contributed by atoms with Crippen LogP contribution in [0, 0.1) is 5.92 Å². The maximum absolute atomic E-state index is 13.0. The van der Waals surface area contributed by atoms with Crippen LogP contribution >= 0.6 is 0 Å². The van der Waals surface area contributed by atoms with Crippen molar-refractivity contribution < 1.29 is 14.3 Å². The van der Waals surface area contributed by atoms with Crippen LogP contribution in [0.15, 0.2) is 48.5 Å². The molecule has 3 rings (SSSR count). The molecular formula is C26H34N2O3. The maximum Gasteiger partial charge on any atom is 0.261 e. The van der Waals surface area contributed by atoms with Crippen molar-refractivity contribution in [3.05, 3.63) is 65.2 Å². The third kappa shape index (κ3) is 5.27. The average molecular weight is 423 g/mol. The van der Waals surface area contributed by atoms with Gasteiger partial charge in [-0.15, -0.1) is 0 Å². The largest absolute Gasteiger partial charge is 0.481 e. The summed E-state index contributed by atoms with van der Waals surface area (Å²) < 4.78 is 6.10. The van der Waals surface area contributed by atoms with E-state index in [2.05, 4.69) is 23.5 Å². The first-order valence-corrected chi connectivity index (χ1v) is 11.4. The van der Waals surface area contributed by atoms with E-state index in [1.165, 1.54) is 5.56 Å². The number of amides is 2. The van der Waals surface area contributed by atoms with Gasteiger partial charge in [-0.25, -0.2) is 0 Å². The Hall–Kier alpha value is -2.82. The van der Waals surface area contributed by atoms with Gasteiger partial charge in [0.15, 0.2) is 6.10 Å². The number of benzene rings is 2. The Balaban J connectivity index is 1.95. The summed E-state index contributed by atoms with van der Waals surface area (Å²) >= 11 is 0. The highest BCUT2D eigenvalue weighted by Crippen LogP contribution is 2.38. The minimum absolute atomic E-state index is 0.0704. The highest BCUT2D eigenvalue weighted by atomic mass is 16.5. The van der Waals surface area contributed by atoms with Crippen molar-refractivity contribution in [3.63, 3.8) is 0 Å². The molecule has 2 aromatic rings. The van der Waals surface area contributed by atoms with Crippen LogP contribution in [0.1, 0.15) is 63.3 Å². The predicted molar refractivity (Wildman–Crippen MR) is 123 cm³/mol. The molecular weight excluding hydrogens is 388 g/mol. The van der Waals surface area contributed by atoms with Crippen LogP contribution in [0.4, 0.5) is 0 Å². The lowest BCUT2D eigenvalue weighted by atomic mass is 9.87. The monoisotopic (exact) mass is 422 g/mol. The topological polar surface area (TPSA) is 58.6 Å². The number of hydrogen-bond acceptors (Lipinski definition) is 3. The summed E-state index contributed by atoms with van der Waals surface area (Å²) in [5.41, 5.74) is 3.38. The smallest absolute Gasteiger partial charge is 0.261 e. The second kappa shape index (κ2) is 10.5. The molecule has 0 unspecified atom stereocenters. The molecule has 1 aliphatic rings. The SMILES string of the molecule is CCCNC(=O)[C@@H](CC)Oc1ccc2c(c1)[C@H](c1ccccc1)N(C(=O)C(C)C)CC2. The number of nitrogens with one attached hydrogen (secondary N) is 1. The van der Waals surface area contributed by atoms with E-state index in [1.54, 1.807) is 0 Å². The summed E-state index contributed by atoms with van der Waals surface area (Å²) in [5, 5.41) is 2.92. The number of fused-ring (bicyclic) bond motifs is 1. The molecule has 1 N–H and O–H groups in total. The Morgan fingerprint density at radius 1 is 1.13 bits per heavy atom. The lowest BCUT2D eigenvalue weighted by Gasteiger charge is -2.39. The molecule has 0 saturated heterocycles.